The van der Waals surface area contributed by atoms with Crippen LogP contribution in [0.1, 0.15) is 38.3 Å². The van der Waals surface area contributed by atoms with Crippen molar-refractivity contribution in [3.8, 4) is 11.4 Å². The van der Waals surface area contributed by atoms with Gasteiger partial charge in [-0.3, -0.25) is 4.79 Å². The van der Waals surface area contributed by atoms with Crippen LogP contribution < -0.4 is 5.32 Å². The van der Waals surface area contributed by atoms with E-state index >= 15 is 0 Å². The highest BCUT2D eigenvalue weighted by molar-refractivity contribution is 6.42. The van der Waals surface area contributed by atoms with Gasteiger partial charge in [-0.1, -0.05) is 72.9 Å². The first-order valence-corrected chi connectivity index (χ1v) is 10.6. The fourth-order valence-corrected chi connectivity index (χ4v) is 3.45. The van der Waals surface area contributed by atoms with Crippen LogP contribution in [0.5, 0.6) is 0 Å². The Morgan fingerprint density at radius 2 is 1.87 bits per heavy atom. The lowest BCUT2D eigenvalue weighted by atomic mass is 9.92. The molecule has 2 aromatic carbocycles. The summed E-state index contributed by atoms with van der Waals surface area (Å²) in [5, 5.41) is 16.5. The largest absolute Gasteiger partial charge is 0.351 e. The number of carbonyl (C=O) groups excluding carboxylic acids is 1. The molecule has 1 heterocycles. The molecular weight excluding hydrogens is 421 g/mol. The van der Waals surface area contributed by atoms with Crippen molar-refractivity contribution < 1.29 is 4.79 Å². The highest BCUT2D eigenvalue weighted by Gasteiger charge is 2.29. The number of carbonyl (C=O) groups is 1. The number of nitrogens with zero attached hydrogens (tertiary/aromatic N) is 4. The molecule has 0 bridgehead atoms. The number of aromatic nitrogens is 4. The zero-order valence-electron chi connectivity index (χ0n) is 17.3. The van der Waals surface area contributed by atoms with Crippen LogP contribution in [-0.2, 0) is 24.3 Å². The van der Waals surface area contributed by atoms with E-state index in [2.05, 4.69) is 39.8 Å². The summed E-state index contributed by atoms with van der Waals surface area (Å²) < 4.78 is 0. The zero-order valence-corrected chi connectivity index (χ0v) is 18.8. The number of rotatable bonds is 8. The van der Waals surface area contributed by atoms with Crippen molar-refractivity contribution in [2.24, 2.45) is 5.41 Å². The Morgan fingerprint density at radius 3 is 2.57 bits per heavy atom. The Balaban J connectivity index is 1.63. The van der Waals surface area contributed by atoms with Gasteiger partial charge in [-0.05, 0) is 42.7 Å². The molecule has 1 N–H and O–H groups in total. The molecule has 1 amide bonds. The van der Waals surface area contributed by atoms with Gasteiger partial charge in [0, 0.05) is 12.1 Å². The third kappa shape index (κ3) is 5.37. The van der Waals surface area contributed by atoms with Gasteiger partial charge >= 0.3 is 0 Å². The molecule has 0 atom stereocenters. The van der Waals surface area contributed by atoms with Crippen molar-refractivity contribution in [3.63, 3.8) is 0 Å². The second-order valence-corrected chi connectivity index (χ2v) is 8.66. The third-order valence-electron chi connectivity index (χ3n) is 4.83. The van der Waals surface area contributed by atoms with Crippen LogP contribution in [0.4, 0.5) is 0 Å². The quantitative estimate of drug-likeness (QED) is 0.532. The molecule has 6 nitrogen and oxygen atoms in total. The standard InChI is InChI=1S/C22H25Cl2N5O/c1-4-6-15-9-11-16(12-10-15)20-26-28-29(27-20)14-22(2,3)21(30)25-13-17-7-5-8-18(23)19(17)24/h5,7-12H,4,6,13-14H2,1-3H3,(H,25,30). The van der Waals surface area contributed by atoms with Gasteiger partial charge in [-0.2, -0.15) is 4.80 Å². The SMILES string of the molecule is CCCc1ccc(-c2nnn(CC(C)(C)C(=O)NCc3cccc(Cl)c3Cl)n2)cc1. The van der Waals surface area contributed by atoms with E-state index in [9.17, 15) is 4.79 Å². The predicted molar refractivity (Wildman–Crippen MR) is 119 cm³/mol. The minimum Gasteiger partial charge on any atom is -0.351 e. The number of aryl methyl sites for hydroxylation is 1. The molecule has 158 valence electrons. The van der Waals surface area contributed by atoms with Crippen LogP contribution >= 0.6 is 23.2 Å². The van der Waals surface area contributed by atoms with Crippen molar-refractivity contribution in [2.75, 3.05) is 0 Å². The number of halogens is 2. The topological polar surface area (TPSA) is 72.7 Å². The Morgan fingerprint density at radius 1 is 1.13 bits per heavy atom. The monoisotopic (exact) mass is 445 g/mol. The number of amides is 1. The van der Waals surface area contributed by atoms with E-state index in [0.717, 1.165) is 24.0 Å². The second-order valence-electron chi connectivity index (χ2n) is 7.87. The first-order valence-electron chi connectivity index (χ1n) is 9.88. The van der Waals surface area contributed by atoms with E-state index in [1.165, 1.54) is 10.4 Å². The van der Waals surface area contributed by atoms with Crippen LogP contribution in [0, 0.1) is 5.41 Å². The molecule has 8 heteroatoms. The summed E-state index contributed by atoms with van der Waals surface area (Å²) in [6, 6.07) is 13.5. The number of hydrogen-bond acceptors (Lipinski definition) is 4. The lowest BCUT2D eigenvalue weighted by Gasteiger charge is -2.22. The molecule has 0 aliphatic heterocycles. The number of hydrogen-bond donors (Lipinski definition) is 1. The molecule has 0 aliphatic rings. The first-order chi connectivity index (χ1) is 14.3. The van der Waals surface area contributed by atoms with E-state index in [1.54, 1.807) is 12.1 Å². The lowest BCUT2D eigenvalue weighted by Crippen LogP contribution is -2.39. The van der Waals surface area contributed by atoms with Gasteiger partial charge in [0.2, 0.25) is 11.7 Å². The normalized spacial score (nSPS) is 11.5. The van der Waals surface area contributed by atoms with Crippen molar-refractivity contribution in [1.29, 1.82) is 0 Å². The molecule has 3 rings (SSSR count). The van der Waals surface area contributed by atoms with Crippen LogP contribution in [0.2, 0.25) is 10.0 Å². The minimum absolute atomic E-state index is 0.138. The fraction of sp³-hybridized carbons (Fsp3) is 0.364. The smallest absolute Gasteiger partial charge is 0.227 e. The van der Waals surface area contributed by atoms with Gasteiger partial charge in [0.25, 0.3) is 0 Å². The molecule has 0 spiro atoms. The molecule has 0 saturated heterocycles. The zero-order chi connectivity index (χ0) is 21.7. The van der Waals surface area contributed by atoms with Crippen molar-refractivity contribution >= 4 is 29.1 Å². The molecule has 30 heavy (non-hydrogen) atoms. The van der Waals surface area contributed by atoms with Gasteiger partial charge in [0.05, 0.1) is 22.0 Å². The molecular formula is C22H25Cl2N5O. The van der Waals surface area contributed by atoms with Crippen molar-refractivity contribution in [3.05, 3.63) is 63.6 Å². The maximum atomic E-state index is 12.7. The van der Waals surface area contributed by atoms with E-state index in [1.807, 2.05) is 32.0 Å². The molecule has 0 radical (unpaired) electrons. The van der Waals surface area contributed by atoms with Crippen LogP contribution in [0.15, 0.2) is 42.5 Å². The number of tetrazole rings is 1. The van der Waals surface area contributed by atoms with Crippen LogP contribution in [-0.4, -0.2) is 26.1 Å². The average molecular weight is 446 g/mol. The highest BCUT2D eigenvalue weighted by Crippen LogP contribution is 2.26. The van der Waals surface area contributed by atoms with Gasteiger partial charge in [-0.25, -0.2) is 0 Å². The Kier molecular flexibility index (Phi) is 7.10. The Hall–Kier alpha value is -2.44. The maximum Gasteiger partial charge on any atom is 0.227 e. The summed E-state index contributed by atoms with van der Waals surface area (Å²) >= 11 is 12.2. The Labute approximate surface area is 186 Å². The maximum absolute atomic E-state index is 12.7. The average Bonchev–Trinajstić information content (AvgIpc) is 3.17. The third-order valence-corrected chi connectivity index (χ3v) is 5.68. The van der Waals surface area contributed by atoms with Crippen LogP contribution in [0.3, 0.4) is 0 Å². The summed E-state index contributed by atoms with van der Waals surface area (Å²) in [7, 11) is 0. The molecule has 0 fully saturated rings. The molecule has 0 aliphatic carbocycles. The molecule has 0 unspecified atom stereocenters. The van der Waals surface area contributed by atoms with Crippen molar-refractivity contribution in [1.82, 2.24) is 25.5 Å². The number of benzene rings is 2. The van der Waals surface area contributed by atoms with Gasteiger partial charge in [-0.15, -0.1) is 10.2 Å². The summed E-state index contributed by atoms with van der Waals surface area (Å²) in [6.45, 7) is 6.42. The van der Waals surface area contributed by atoms with Gasteiger partial charge in [0.15, 0.2) is 0 Å². The van der Waals surface area contributed by atoms with Gasteiger partial charge < -0.3 is 5.32 Å². The van der Waals surface area contributed by atoms with Crippen molar-refractivity contribution in [2.45, 2.75) is 46.7 Å². The summed E-state index contributed by atoms with van der Waals surface area (Å²) in [6.07, 6.45) is 2.15. The predicted octanol–water partition coefficient (Wildman–Crippen LogP) is 4.94. The first kappa shape index (κ1) is 22.2. The minimum atomic E-state index is -0.742. The summed E-state index contributed by atoms with van der Waals surface area (Å²) in [5.41, 5.74) is 2.21. The molecule has 1 aromatic heterocycles. The highest BCUT2D eigenvalue weighted by atomic mass is 35.5. The van der Waals surface area contributed by atoms with E-state index in [4.69, 9.17) is 23.2 Å². The summed E-state index contributed by atoms with van der Waals surface area (Å²) in [5.74, 6) is 0.404. The summed E-state index contributed by atoms with van der Waals surface area (Å²) in [4.78, 5) is 14.2. The number of nitrogens with one attached hydrogen (secondary N) is 1. The van der Waals surface area contributed by atoms with E-state index in [0.29, 0.717) is 29.0 Å². The second kappa shape index (κ2) is 9.58. The fourth-order valence-electron chi connectivity index (χ4n) is 3.06. The van der Waals surface area contributed by atoms with Gasteiger partial charge in [0.1, 0.15) is 0 Å². The molecule has 0 saturated carbocycles. The lowest BCUT2D eigenvalue weighted by molar-refractivity contribution is -0.130. The van der Waals surface area contributed by atoms with E-state index < -0.39 is 5.41 Å². The Bertz CT molecular complexity index is 1010. The van der Waals surface area contributed by atoms with E-state index in [-0.39, 0.29) is 5.91 Å². The molecule has 3 aromatic rings. The van der Waals surface area contributed by atoms with Crippen LogP contribution in [0.25, 0.3) is 11.4 Å².